The molecule has 0 heterocycles. The summed E-state index contributed by atoms with van der Waals surface area (Å²) in [7, 11) is 0. The van der Waals surface area contributed by atoms with Crippen LogP contribution < -0.4 is 0 Å². The van der Waals surface area contributed by atoms with Crippen LogP contribution in [-0.2, 0) is 0 Å². The molecule has 0 saturated heterocycles. The molecular formula is C16H12. The van der Waals surface area contributed by atoms with Crippen molar-refractivity contribution in [3.8, 4) is 0 Å². The van der Waals surface area contributed by atoms with E-state index in [9.17, 15) is 0 Å². The van der Waals surface area contributed by atoms with Gasteiger partial charge in [-0.2, -0.15) is 0 Å². The van der Waals surface area contributed by atoms with E-state index in [1.54, 1.807) is 0 Å². The smallest absolute Gasteiger partial charge is 0.00498 e. The zero-order valence-corrected chi connectivity index (χ0v) is 9.03. The fraction of sp³-hybridized carbons (Fsp3) is 0.0625. The minimum atomic E-state index is 0.939. The summed E-state index contributed by atoms with van der Waals surface area (Å²) in [6, 6.07) is 12.9. The van der Waals surface area contributed by atoms with Crippen molar-refractivity contribution in [2.45, 2.75) is 6.42 Å². The van der Waals surface area contributed by atoms with Crippen LogP contribution in [0, 0.1) is 0 Å². The van der Waals surface area contributed by atoms with Crippen LogP contribution in [0.3, 0.4) is 0 Å². The van der Waals surface area contributed by atoms with E-state index in [1.165, 1.54) is 27.5 Å². The number of benzene rings is 2. The molecule has 0 saturated carbocycles. The summed E-state index contributed by atoms with van der Waals surface area (Å²) in [5.74, 6) is 0. The molecule has 0 spiro atoms. The fourth-order valence-corrected chi connectivity index (χ4v) is 2.24. The number of fused-ring (bicyclic) bond motifs is 2. The quantitative estimate of drug-likeness (QED) is 0.557. The molecule has 0 bridgehead atoms. The van der Waals surface area contributed by atoms with Gasteiger partial charge in [0.05, 0.1) is 0 Å². The van der Waals surface area contributed by atoms with Crippen molar-refractivity contribution in [1.29, 1.82) is 0 Å². The number of hydrogen-bond acceptors (Lipinski definition) is 0. The van der Waals surface area contributed by atoms with E-state index in [1.807, 2.05) is 0 Å². The van der Waals surface area contributed by atoms with Gasteiger partial charge in [0.1, 0.15) is 0 Å². The molecule has 2 aromatic rings. The molecule has 0 heteroatoms. The molecule has 0 N–H and O–H groups in total. The largest absolute Gasteiger partial charge is 0.124 e. The highest BCUT2D eigenvalue weighted by Crippen LogP contribution is 2.31. The average molecular weight is 204 g/mol. The maximum absolute atomic E-state index is 3.77. The molecule has 0 amide bonds. The summed E-state index contributed by atoms with van der Waals surface area (Å²) in [6.45, 7) is 3.77. The van der Waals surface area contributed by atoms with Crippen LogP contribution in [0.1, 0.15) is 17.5 Å². The molecule has 16 heavy (non-hydrogen) atoms. The standard InChI is InChI=1S/C16H12/c1-2-12-8-5-9-15-10-13-6-3-4-7-14(13)11-16(12)15/h3-7,9-11H,1,8H2. The lowest BCUT2D eigenvalue weighted by Gasteiger charge is -2.13. The van der Waals surface area contributed by atoms with Crippen molar-refractivity contribution >= 4 is 22.4 Å². The van der Waals surface area contributed by atoms with Gasteiger partial charge in [-0.05, 0) is 40.5 Å². The molecule has 0 atom stereocenters. The number of allylic oxidation sites excluding steroid dienone is 2. The Morgan fingerprint density at radius 2 is 1.81 bits per heavy atom. The van der Waals surface area contributed by atoms with Crippen LogP contribution >= 0.6 is 0 Å². The summed E-state index contributed by atoms with van der Waals surface area (Å²) in [4.78, 5) is 0. The van der Waals surface area contributed by atoms with Crippen molar-refractivity contribution in [2.24, 2.45) is 0 Å². The Bertz CT molecular complexity index is 638. The summed E-state index contributed by atoms with van der Waals surface area (Å²) >= 11 is 0. The first-order valence-electron chi connectivity index (χ1n) is 5.47. The summed E-state index contributed by atoms with van der Waals surface area (Å²) in [5, 5.41) is 2.57. The number of rotatable bonds is 0. The lowest BCUT2D eigenvalue weighted by Crippen LogP contribution is -1.92. The molecule has 2 aromatic carbocycles. The molecule has 0 unspecified atom stereocenters. The monoisotopic (exact) mass is 204 g/mol. The molecule has 0 aliphatic heterocycles. The Balaban J connectivity index is 2.39. The highest BCUT2D eigenvalue weighted by atomic mass is 14.1. The van der Waals surface area contributed by atoms with Crippen LogP contribution in [-0.4, -0.2) is 0 Å². The molecule has 0 radical (unpaired) electrons. The Labute approximate surface area is 95.2 Å². The maximum Gasteiger partial charge on any atom is 0.00498 e. The van der Waals surface area contributed by atoms with E-state index in [-0.39, 0.29) is 0 Å². The summed E-state index contributed by atoms with van der Waals surface area (Å²) in [6.07, 6.45) is 5.29. The lowest BCUT2D eigenvalue weighted by atomic mass is 9.90. The third kappa shape index (κ3) is 1.32. The van der Waals surface area contributed by atoms with Gasteiger partial charge < -0.3 is 0 Å². The SMILES string of the molecule is C=C=C1CC=Cc2cc3ccccc3cc21. The van der Waals surface area contributed by atoms with Gasteiger partial charge in [-0.25, -0.2) is 0 Å². The van der Waals surface area contributed by atoms with Gasteiger partial charge in [0.15, 0.2) is 0 Å². The van der Waals surface area contributed by atoms with Gasteiger partial charge in [0.25, 0.3) is 0 Å². The highest BCUT2D eigenvalue weighted by Gasteiger charge is 2.10. The van der Waals surface area contributed by atoms with Crippen molar-refractivity contribution in [2.75, 3.05) is 0 Å². The Morgan fingerprint density at radius 1 is 1.06 bits per heavy atom. The molecule has 0 aromatic heterocycles. The van der Waals surface area contributed by atoms with Crippen molar-refractivity contribution < 1.29 is 0 Å². The molecule has 0 nitrogen and oxygen atoms in total. The van der Waals surface area contributed by atoms with Crippen LogP contribution in [0.25, 0.3) is 22.4 Å². The Kier molecular flexibility index (Phi) is 2.02. The Hall–Kier alpha value is -2.04. The Morgan fingerprint density at radius 3 is 2.56 bits per heavy atom. The normalized spacial score (nSPS) is 13.6. The maximum atomic E-state index is 3.77. The van der Waals surface area contributed by atoms with E-state index in [4.69, 9.17) is 0 Å². The first-order chi connectivity index (χ1) is 7.88. The topological polar surface area (TPSA) is 0 Å². The molecule has 0 fully saturated rings. The third-order valence-electron chi connectivity index (χ3n) is 3.08. The van der Waals surface area contributed by atoms with Crippen molar-refractivity contribution in [3.63, 3.8) is 0 Å². The zero-order valence-electron chi connectivity index (χ0n) is 9.03. The third-order valence-corrected chi connectivity index (χ3v) is 3.08. The summed E-state index contributed by atoms with van der Waals surface area (Å²) < 4.78 is 0. The average Bonchev–Trinajstić information content (AvgIpc) is 2.35. The van der Waals surface area contributed by atoms with Crippen LogP contribution in [0.2, 0.25) is 0 Å². The lowest BCUT2D eigenvalue weighted by molar-refractivity contribution is 1.37. The van der Waals surface area contributed by atoms with Gasteiger partial charge in [-0.15, -0.1) is 5.73 Å². The first kappa shape index (κ1) is 9.21. The van der Waals surface area contributed by atoms with Crippen molar-refractivity contribution in [3.05, 3.63) is 65.9 Å². The van der Waals surface area contributed by atoms with Gasteiger partial charge in [0, 0.05) is 5.57 Å². The number of hydrogen-bond donors (Lipinski definition) is 0. The van der Waals surface area contributed by atoms with E-state index in [0.717, 1.165) is 6.42 Å². The molecule has 76 valence electrons. The molecular weight excluding hydrogens is 192 g/mol. The predicted octanol–water partition coefficient (Wildman–Crippen LogP) is 4.43. The van der Waals surface area contributed by atoms with Gasteiger partial charge in [0.2, 0.25) is 0 Å². The van der Waals surface area contributed by atoms with Crippen LogP contribution in [0.4, 0.5) is 0 Å². The zero-order chi connectivity index (χ0) is 11.0. The second-order valence-corrected chi connectivity index (χ2v) is 4.05. The van der Waals surface area contributed by atoms with Gasteiger partial charge in [-0.3, -0.25) is 0 Å². The van der Waals surface area contributed by atoms with Gasteiger partial charge in [-0.1, -0.05) is 43.0 Å². The highest BCUT2D eigenvalue weighted by molar-refractivity contribution is 5.91. The van der Waals surface area contributed by atoms with E-state index in [0.29, 0.717) is 0 Å². The second-order valence-electron chi connectivity index (χ2n) is 4.05. The minimum Gasteiger partial charge on any atom is -0.124 e. The molecule has 1 aliphatic rings. The second kappa shape index (κ2) is 3.52. The summed E-state index contributed by atoms with van der Waals surface area (Å²) in [5.41, 5.74) is 6.79. The van der Waals surface area contributed by atoms with Crippen LogP contribution in [0.15, 0.2) is 54.8 Å². The molecule has 3 rings (SSSR count). The fourth-order valence-electron chi connectivity index (χ4n) is 2.24. The van der Waals surface area contributed by atoms with Crippen molar-refractivity contribution in [1.82, 2.24) is 0 Å². The molecule has 1 aliphatic carbocycles. The minimum absolute atomic E-state index is 0.939. The first-order valence-corrected chi connectivity index (χ1v) is 5.47. The predicted molar refractivity (Wildman–Crippen MR) is 70.1 cm³/mol. The van der Waals surface area contributed by atoms with Gasteiger partial charge >= 0.3 is 0 Å². The van der Waals surface area contributed by atoms with E-state index < -0.39 is 0 Å². The van der Waals surface area contributed by atoms with E-state index >= 15 is 0 Å². The van der Waals surface area contributed by atoms with E-state index in [2.05, 4.69) is 60.9 Å². The van der Waals surface area contributed by atoms with Crippen LogP contribution in [0.5, 0.6) is 0 Å².